The summed E-state index contributed by atoms with van der Waals surface area (Å²) in [7, 11) is 0. The zero-order valence-corrected chi connectivity index (χ0v) is 23.2. The van der Waals surface area contributed by atoms with Gasteiger partial charge in [-0.2, -0.15) is 0 Å². The first-order valence-corrected chi connectivity index (χ1v) is 15.0. The number of rotatable bonds is 16. The van der Waals surface area contributed by atoms with Crippen molar-refractivity contribution < 1.29 is 14.1 Å². The topological polar surface area (TPSA) is 30.2 Å². The molecule has 4 aromatic carbocycles. The highest BCUT2D eigenvalue weighted by molar-refractivity contribution is 6.23. The smallest absolute Gasteiger partial charge is 0.305 e. The molecule has 39 heavy (non-hydrogen) atoms. The van der Waals surface area contributed by atoms with E-state index in [1.54, 1.807) is 0 Å². The lowest BCUT2D eigenvalue weighted by Crippen LogP contribution is -2.32. The molecule has 0 unspecified atom stereocenters. The minimum Gasteiger partial charge on any atom is -0.466 e. The van der Waals surface area contributed by atoms with Crippen molar-refractivity contribution in [3.63, 3.8) is 0 Å². The number of unbranched alkanes of at least 4 members (excludes halogenated alkanes) is 8. The SMILES string of the molecule is O=C(CCCc1cc2ccc3cccc4ccc(c1)c2c34)OCCCCCCCCCCC[n+]1ccccc1. The van der Waals surface area contributed by atoms with Gasteiger partial charge in [-0.1, -0.05) is 99.2 Å². The Bertz CT molecular complexity index is 1400. The second-order valence-electron chi connectivity index (χ2n) is 11.0. The summed E-state index contributed by atoms with van der Waals surface area (Å²) in [5.41, 5.74) is 1.30. The van der Waals surface area contributed by atoms with Crippen LogP contribution in [-0.4, -0.2) is 12.6 Å². The molecule has 3 nitrogen and oxygen atoms in total. The van der Waals surface area contributed by atoms with E-state index in [4.69, 9.17) is 4.74 Å². The van der Waals surface area contributed by atoms with Crippen molar-refractivity contribution in [1.82, 2.24) is 0 Å². The van der Waals surface area contributed by atoms with E-state index in [0.717, 1.165) is 32.2 Å². The van der Waals surface area contributed by atoms with Gasteiger partial charge in [0, 0.05) is 25.0 Å². The average molecular weight is 521 g/mol. The average Bonchev–Trinajstić information content (AvgIpc) is 2.97. The zero-order chi connectivity index (χ0) is 26.7. The van der Waals surface area contributed by atoms with Crippen molar-refractivity contribution in [1.29, 1.82) is 0 Å². The molecule has 0 spiro atoms. The molecule has 0 aliphatic carbocycles. The molecule has 202 valence electrons. The number of pyridine rings is 1. The van der Waals surface area contributed by atoms with Crippen LogP contribution in [0.2, 0.25) is 0 Å². The quantitative estimate of drug-likeness (QED) is 0.0562. The Morgan fingerprint density at radius 3 is 1.82 bits per heavy atom. The lowest BCUT2D eigenvalue weighted by molar-refractivity contribution is -0.697. The number of aryl methyl sites for hydroxylation is 2. The molecule has 0 N–H and O–H groups in total. The maximum absolute atomic E-state index is 12.2. The van der Waals surface area contributed by atoms with Crippen LogP contribution >= 0.6 is 0 Å². The summed E-state index contributed by atoms with van der Waals surface area (Å²) in [4.78, 5) is 12.2. The third kappa shape index (κ3) is 7.56. The van der Waals surface area contributed by atoms with Crippen LogP contribution in [0.3, 0.4) is 0 Å². The summed E-state index contributed by atoms with van der Waals surface area (Å²) in [6, 6.07) is 26.3. The summed E-state index contributed by atoms with van der Waals surface area (Å²) in [6.45, 7) is 1.69. The number of hydrogen-bond acceptors (Lipinski definition) is 2. The molecule has 1 heterocycles. The summed E-state index contributed by atoms with van der Waals surface area (Å²) >= 11 is 0. The van der Waals surface area contributed by atoms with Crippen LogP contribution in [0.25, 0.3) is 32.3 Å². The first kappa shape index (κ1) is 27.1. The molecule has 5 rings (SSSR count). The van der Waals surface area contributed by atoms with Gasteiger partial charge in [0.1, 0.15) is 6.54 Å². The number of ether oxygens (including phenoxy) is 1. The Labute approximate surface area is 233 Å². The van der Waals surface area contributed by atoms with Crippen molar-refractivity contribution in [2.24, 2.45) is 0 Å². The molecule has 0 saturated heterocycles. The van der Waals surface area contributed by atoms with Crippen LogP contribution in [0.5, 0.6) is 0 Å². The molecule has 0 atom stereocenters. The standard InChI is InChI=1S/C36H42NO2/c38-34(39-26-12-7-5-3-1-2-4-6-9-23-37-24-10-8-11-25-37)18-13-15-29-27-32-21-19-30-16-14-17-31-20-22-33(28-29)36(32)35(30)31/h8,10-11,14,16-17,19-22,24-25,27-28H,1-7,9,12-13,15,18,23,26H2/q+1. The van der Waals surface area contributed by atoms with Crippen molar-refractivity contribution >= 4 is 38.3 Å². The van der Waals surface area contributed by atoms with E-state index in [1.165, 1.54) is 82.8 Å². The third-order valence-electron chi connectivity index (χ3n) is 7.97. The van der Waals surface area contributed by atoms with Gasteiger partial charge in [0.05, 0.1) is 6.61 Å². The number of nitrogens with zero attached hydrogens (tertiary/aromatic N) is 1. The fraction of sp³-hybridized carbons (Fsp3) is 0.389. The van der Waals surface area contributed by atoms with Crippen LogP contribution in [0.15, 0.2) is 85.2 Å². The van der Waals surface area contributed by atoms with Gasteiger partial charge in [-0.3, -0.25) is 4.79 Å². The first-order chi connectivity index (χ1) is 19.3. The molecule has 0 fully saturated rings. The van der Waals surface area contributed by atoms with E-state index >= 15 is 0 Å². The van der Waals surface area contributed by atoms with Crippen molar-refractivity contribution in [2.45, 2.75) is 83.6 Å². The molecule has 0 bridgehead atoms. The van der Waals surface area contributed by atoms with Gasteiger partial charge in [0.15, 0.2) is 12.4 Å². The summed E-state index contributed by atoms with van der Waals surface area (Å²) in [6.07, 6.45) is 17.8. The molecule has 0 aliphatic rings. The molecule has 3 heteroatoms. The van der Waals surface area contributed by atoms with Crippen LogP contribution in [0.1, 0.15) is 76.2 Å². The predicted octanol–water partition coefficient (Wildman–Crippen LogP) is 8.95. The number of hydrogen-bond donors (Lipinski definition) is 0. The van der Waals surface area contributed by atoms with Gasteiger partial charge in [-0.05, 0) is 63.6 Å². The summed E-state index contributed by atoms with van der Waals surface area (Å²) < 4.78 is 7.77. The molecule has 0 radical (unpaired) electrons. The lowest BCUT2D eigenvalue weighted by atomic mass is 9.92. The first-order valence-electron chi connectivity index (χ1n) is 15.0. The second-order valence-corrected chi connectivity index (χ2v) is 11.0. The van der Waals surface area contributed by atoms with Gasteiger partial charge in [0.2, 0.25) is 0 Å². The molecule has 0 saturated carbocycles. The van der Waals surface area contributed by atoms with Gasteiger partial charge < -0.3 is 4.74 Å². The maximum atomic E-state index is 12.2. The molecule has 0 amide bonds. The lowest BCUT2D eigenvalue weighted by Gasteiger charge is -2.12. The number of esters is 1. The minimum atomic E-state index is -0.0543. The fourth-order valence-corrected chi connectivity index (χ4v) is 5.87. The number of benzene rings is 4. The molecule has 1 aromatic heterocycles. The highest BCUT2D eigenvalue weighted by atomic mass is 16.5. The van der Waals surface area contributed by atoms with Crippen LogP contribution < -0.4 is 4.57 Å². The van der Waals surface area contributed by atoms with Crippen LogP contribution in [-0.2, 0) is 22.5 Å². The summed E-state index contributed by atoms with van der Waals surface area (Å²) in [5, 5.41) is 7.88. The van der Waals surface area contributed by atoms with Gasteiger partial charge in [-0.25, -0.2) is 4.57 Å². The molecule has 0 aliphatic heterocycles. The van der Waals surface area contributed by atoms with E-state index in [-0.39, 0.29) is 5.97 Å². The molecular formula is C36H42NO2+. The Hall–Kier alpha value is -3.46. The Morgan fingerprint density at radius 2 is 1.15 bits per heavy atom. The molecular weight excluding hydrogens is 478 g/mol. The largest absolute Gasteiger partial charge is 0.466 e. The summed E-state index contributed by atoms with van der Waals surface area (Å²) in [5.74, 6) is -0.0543. The monoisotopic (exact) mass is 520 g/mol. The number of carbonyl (C=O) groups is 1. The van der Waals surface area contributed by atoms with Gasteiger partial charge in [0.25, 0.3) is 0 Å². The second kappa shape index (κ2) is 14.1. The van der Waals surface area contributed by atoms with E-state index in [9.17, 15) is 4.79 Å². The van der Waals surface area contributed by atoms with E-state index in [1.807, 2.05) is 0 Å². The van der Waals surface area contributed by atoms with E-state index in [2.05, 4.69) is 89.8 Å². The third-order valence-corrected chi connectivity index (χ3v) is 7.97. The Morgan fingerprint density at radius 1 is 0.590 bits per heavy atom. The van der Waals surface area contributed by atoms with E-state index < -0.39 is 0 Å². The Kier molecular flexibility index (Phi) is 9.79. The van der Waals surface area contributed by atoms with Gasteiger partial charge >= 0.3 is 5.97 Å². The number of aromatic nitrogens is 1. The zero-order valence-electron chi connectivity index (χ0n) is 23.2. The van der Waals surface area contributed by atoms with Crippen molar-refractivity contribution in [2.75, 3.05) is 6.61 Å². The molecule has 5 aromatic rings. The maximum Gasteiger partial charge on any atom is 0.305 e. The van der Waals surface area contributed by atoms with Crippen molar-refractivity contribution in [3.05, 3.63) is 90.8 Å². The fourth-order valence-electron chi connectivity index (χ4n) is 5.87. The predicted molar refractivity (Wildman–Crippen MR) is 162 cm³/mol. The van der Waals surface area contributed by atoms with Crippen LogP contribution in [0.4, 0.5) is 0 Å². The van der Waals surface area contributed by atoms with E-state index in [0.29, 0.717) is 13.0 Å². The highest BCUT2D eigenvalue weighted by Gasteiger charge is 2.10. The van der Waals surface area contributed by atoms with Gasteiger partial charge in [-0.15, -0.1) is 0 Å². The minimum absolute atomic E-state index is 0.0543. The van der Waals surface area contributed by atoms with Crippen molar-refractivity contribution in [3.8, 4) is 0 Å². The highest BCUT2D eigenvalue weighted by Crippen LogP contribution is 2.35. The Balaban J connectivity index is 0.912. The van der Waals surface area contributed by atoms with Crippen LogP contribution in [0, 0.1) is 0 Å². The number of carbonyl (C=O) groups excluding carboxylic acids is 1. The normalized spacial score (nSPS) is 11.6.